The van der Waals surface area contributed by atoms with E-state index in [2.05, 4.69) is 0 Å². The molecule has 0 spiro atoms. The van der Waals surface area contributed by atoms with Crippen molar-refractivity contribution < 1.29 is 4.42 Å². The number of nitriles is 1. The van der Waals surface area contributed by atoms with E-state index in [-0.39, 0.29) is 22.2 Å². The number of furan rings is 1. The molecule has 3 aromatic rings. The van der Waals surface area contributed by atoms with Gasteiger partial charge in [-0.05, 0) is 24.3 Å². The van der Waals surface area contributed by atoms with Crippen molar-refractivity contribution in [2.24, 2.45) is 5.73 Å². The Morgan fingerprint density at radius 1 is 1.09 bits per heavy atom. The molecule has 0 radical (unpaired) electrons. The topological polar surface area (TPSA) is 107 Å². The number of aromatic nitrogens is 2. The Labute approximate surface area is 129 Å². The first-order chi connectivity index (χ1) is 11.1. The molecule has 0 fully saturated rings. The summed E-state index contributed by atoms with van der Waals surface area (Å²) in [6.07, 6.45) is 1.44. The summed E-state index contributed by atoms with van der Waals surface area (Å²) in [5.41, 5.74) is 5.23. The molecule has 1 aliphatic heterocycles. The van der Waals surface area contributed by atoms with Crippen molar-refractivity contribution in [1.29, 1.82) is 5.26 Å². The summed E-state index contributed by atoms with van der Waals surface area (Å²) in [4.78, 5) is 25.6. The fourth-order valence-electron chi connectivity index (χ4n) is 2.94. The van der Waals surface area contributed by atoms with Crippen LogP contribution in [-0.4, -0.2) is 9.36 Å². The molecule has 7 nitrogen and oxygen atoms in total. The molecule has 0 amide bonds. The maximum Gasteiger partial charge on any atom is 0.279 e. The minimum atomic E-state index is -0.847. The van der Waals surface area contributed by atoms with E-state index in [9.17, 15) is 14.9 Å². The highest BCUT2D eigenvalue weighted by molar-refractivity contribution is 5.81. The molecule has 0 aliphatic carbocycles. The second-order valence-electron chi connectivity index (χ2n) is 5.14. The first-order valence-corrected chi connectivity index (χ1v) is 6.85. The molecule has 23 heavy (non-hydrogen) atoms. The smallest absolute Gasteiger partial charge is 0.279 e. The van der Waals surface area contributed by atoms with E-state index in [1.807, 2.05) is 6.07 Å². The van der Waals surface area contributed by atoms with Crippen LogP contribution in [0.1, 0.15) is 11.8 Å². The maximum atomic E-state index is 12.9. The summed E-state index contributed by atoms with van der Waals surface area (Å²) >= 11 is 0. The Hall–Kier alpha value is -3.53. The van der Waals surface area contributed by atoms with Gasteiger partial charge in [-0.25, -0.2) is 4.68 Å². The van der Waals surface area contributed by atoms with Crippen LogP contribution in [0.25, 0.3) is 16.6 Å². The minimum absolute atomic E-state index is 0.0539. The van der Waals surface area contributed by atoms with Gasteiger partial charge in [0.1, 0.15) is 23.2 Å². The molecule has 0 saturated carbocycles. The van der Waals surface area contributed by atoms with E-state index in [1.165, 1.54) is 10.9 Å². The monoisotopic (exact) mass is 306 g/mol. The Bertz CT molecular complexity index is 1130. The highest BCUT2D eigenvalue weighted by atomic mass is 16.3. The summed E-state index contributed by atoms with van der Waals surface area (Å²) in [5, 5.41) is 9.97. The Morgan fingerprint density at radius 3 is 2.39 bits per heavy atom. The summed E-state index contributed by atoms with van der Waals surface area (Å²) in [5.74, 6) is 0.314. The van der Waals surface area contributed by atoms with E-state index in [0.717, 1.165) is 4.68 Å². The molecule has 3 heterocycles. The standard InChI is InChI=1S/C16H10N4O3/c17-8-11-13(12-6-3-7-23-12)19-15(21)9-4-1-2-5-10(9)16(22)20(19)14(11)18/h1-7,13H,18H2. The third kappa shape index (κ3) is 1.57. The summed E-state index contributed by atoms with van der Waals surface area (Å²) in [6, 6.07) is 10.9. The first-order valence-electron chi connectivity index (χ1n) is 6.85. The first kappa shape index (κ1) is 13.2. The molecule has 1 aromatic carbocycles. The van der Waals surface area contributed by atoms with E-state index in [4.69, 9.17) is 10.2 Å². The lowest BCUT2D eigenvalue weighted by molar-refractivity contribution is 0.429. The molecular formula is C16H10N4O3. The van der Waals surface area contributed by atoms with E-state index < -0.39 is 17.2 Å². The number of nitrogens with two attached hydrogens (primary N) is 1. The van der Waals surface area contributed by atoms with Gasteiger partial charge < -0.3 is 10.2 Å². The van der Waals surface area contributed by atoms with Gasteiger partial charge in [0.25, 0.3) is 11.1 Å². The molecule has 1 unspecified atom stereocenters. The molecule has 7 heteroatoms. The molecular weight excluding hydrogens is 296 g/mol. The molecule has 0 saturated heterocycles. The zero-order chi connectivity index (χ0) is 16.1. The molecule has 112 valence electrons. The van der Waals surface area contributed by atoms with Gasteiger partial charge in [-0.1, -0.05) is 12.1 Å². The SMILES string of the molecule is N#CC1=C(N)n2c(=O)c3ccccc3c(=O)n2C1c1ccco1. The number of benzene rings is 1. The van der Waals surface area contributed by atoms with Crippen LogP contribution < -0.4 is 16.9 Å². The molecule has 2 aromatic heterocycles. The normalized spacial score (nSPS) is 16.6. The summed E-state index contributed by atoms with van der Waals surface area (Å²) < 4.78 is 7.58. The number of hydrogen-bond acceptors (Lipinski definition) is 5. The number of rotatable bonds is 1. The van der Waals surface area contributed by atoms with Gasteiger partial charge in [-0.3, -0.25) is 9.59 Å². The van der Waals surface area contributed by atoms with Crippen LogP contribution in [0.3, 0.4) is 0 Å². The largest absolute Gasteiger partial charge is 0.467 e. The van der Waals surface area contributed by atoms with Crippen LogP contribution >= 0.6 is 0 Å². The maximum absolute atomic E-state index is 12.9. The quantitative estimate of drug-likeness (QED) is 0.722. The van der Waals surface area contributed by atoms with Gasteiger partial charge >= 0.3 is 0 Å². The zero-order valence-corrected chi connectivity index (χ0v) is 11.8. The third-order valence-electron chi connectivity index (χ3n) is 3.96. The van der Waals surface area contributed by atoms with E-state index in [1.54, 1.807) is 36.4 Å². The number of nitrogens with zero attached hydrogens (tertiary/aromatic N) is 3. The predicted molar refractivity (Wildman–Crippen MR) is 82.3 cm³/mol. The summed E-state index contributed by atoms with van der Waals surface area (Å²) in [6.45, 7) is 0. The van der Waals surface area contributed by atoms with Crippen molar-refractivity contribution >= 4 is 16.6 Å². The number of fused-ring (bicyclic) bond motifs is 2. The van der Waals surface area contributed by atoms with Crippen molar-refractivity contribution in [1.82, 2.24) is 9.36 Å². The van der Waals surface area contributed by atoms with Crippen molar-refractivity contribution in [2.75, 3.05) is 0 Å². The van der Waals surface area contributed by atoms with Gasteiger partial charge in [0, 0.05) is 0 Å². The van der Waals surface area contributed by atoms with Crippen LogP contribution in [-0.2, 0) is 0 Å². The Morgan fingerprint density at radius 2 is 1.78 bits per heavy atom. The van der Waals surface area contributed by atoms with Gasteiger partial charge in [0.15, 0.2) is 6.04 Å². The Balaban J connectivity index is 2.21. The predicted octanol–water partition coefficient (Wildman–Crippen LogP) is 1.01. The fourth-order valence-corrected chi connectivity index (χ4v) is 2.94. The lowest BCUT2D eigenvalue weighted by Gasteiger charge is -2.14. The number of allylic oxidation sites excluding steroid dienone is 1. The van der Waals surface area contributed by atoms with Gasteiger partial charge in [-0.15, -0.1) is 0 Å². The van der Waals surface area contributed by atoms with Crippen LogP contribution in [0, 0.1) is 11.3 Å². The van der Waals surface area contributed by atoms with Crippen LogP contribution in [0.5, 0.6) is 0 Å². The second kappa shape index (κ2) is 4.48. The molecule has 1 aliphatic rings. The van der Waals surface area contributed by atoms with Crippen LogP contribution in [0.15, 0.2) is 62.2 Å². The summed E-state index contributed by atoms with van der Waals surface area (Å²) in [7, 11) is 0. The zero-order valence-electron chi connectivity index (χ0n) is 11.8. The average Bonchev–Trinajstić information content (AvgIpc) is 3.18. The van der Waals surface area contributed by atoms with Gasteiger partial charge in [0.2, 0.25) is 0 Å². The van der Waals surface area contributed by atoms with Gasteiger partial charge in [0.05, 0.1) is 17.0 Å². The molecule has 0 bridgehead atoms. The second-order valence-corrected chi connectivity index (χ2v) is 5.14. The van der Waals surface area contributed by atoms with Crippen molar-refractivity contribution in [3.63, 3.8) is 0 Å². The van der Waals surface area contributed by atoms with Gasteiger partial charge in [-0.2, -0.15) is 9.94 Å². The van der Waals surface area contributed by atoms with Crippen LogP contribution in [0.2, 0.25) is 0 Å². The Kier molecular flexibility index (Phi) is 2.56. The van der Waals surface area contributed by atoms with Crippen LogP contribution in [0.4, 0.5) is 0 Å². The van der Waals surface area contributed by atoms with E-state index in [0.29, 0.717) is 5.76 Å². The lowest BCUT2D eigenvalue weighted by Crippen LogP contribution is -2.38. The highest BCUT2D eigenvalue weighted by Crippen LogP contribution is 2.32. The molecule has 2 N–H and O–H groups in total. The van der Waals surface area contributed by atoms with Crippen molar-refractivity contribution in [3.05, 3.63) is 74.7 Å². The molecule has 1 atom stereocenters. The molecule has 4 rings (SSSR count). The third-order valence-corrected chi connectivity index (χ3v) is 3.96. The highest BCUT2D eigenvalue weighted by Gasteiger charge is 2.36. The van der Waals surface area contributed by atoms with Crippen molar-refractivity contribution in [3.8, 4) is 6.07 Å². The average molecular weight is 306 g/mol. The lowest BCUT2D eigenvalue weighted by atomic mass is 10.1. The minimum Gasteiger partial charge on any atom is -0.467 e. The fraction of sp³-hybridized carbons (Fsp3) is 0.0625. The van der Waals surface area contributed by atoms with Crippen molar-refractivity contribution in [2.45, 2.75) is 6.04 Å². The van der Waals surface area contributed by atoms with E-state index >= 15 is 0 Å². The number of hydrogen-bond donors (Lipinski definition) is 1.